The maximum Gasteiger partial charge on any atom is 0.267 e. The van der Waals surface area contributed by atoms with E-state index in [1.54, 1.807) is 0 Å². The number of benzene rings is 1. The van der Waals surface area contributed by atoms with Crippen LogP contribution in [0.25, 0.3) is 0 Å². The van der Waals surface area contributed by atoms with Crippen LogP contribution in [-0.4, -0.2) is 9.97 Å². The summed E-state index contributed by atoms with van der Waals surface area (Å²) in [6.07, 6.45) is 1.36. The normalized spacial score (nSPS) is 9.93. The van der Waals surface area contributed by atoms with Crippen LogP contribution in [0.5, 0.6) is 0 Å². The van der Waals surface area contributed by atoms with Gasteiger partial charge in [0.1, 0.15) is 4.47 Å². The third-order valence-electron chi connectivity index (χ3n) is 1.83. The Hall–Kier alpha value is -1.62. The highest BCUT2D eigenvalue weighted by Crippen LogP contribution is 2.18. The lowest BCUT2D eigenvalue weighted by molar-refractivity contribution is 1.10. The van der Waals surface area contributed by atoms with E-state index in [0.717, 1.165) is 5.69 Å². The molecule has 15 heavy (non-hydrogen) atoms. The van der Waals surface area contributed by atoms with E-state index >= 15 is 0 Å². The first-order chi connectivity index (χ1) is 7.27. The van der Waals surface area contributed by atoms with Gasteiger partial charge in [0.2, 0.25) is 0 Å². The lowest BCUT2D eigenvalue weighted by Gasteiger charge is -2.05. The van der Waals surface area contributed by atoms with Gasteiger partial charge < -0.3 is 10.3 Å². The first kappa shape index (κ1) is 9.92. The van der Waals surface area contributed by atoms with Crippen molar-refractivity contribution in [3.8, 4) is 0 Å². The Kier molecular flexibility index (Phi) is 2.82. The molecule has 0 amide bonds. The molecule has 0 aliphatic heterocycles. The number of hydrogen-bond donors (Lipinski definition) is 2. The van der Waals surface area contributed by atoms with Gasteiger partial charge in [-0.1, -0.05) is 18.2 Å². The van der Waals surface area contributed by atoms with Crippen LogP contribution in [0.4, 0.5) is 11.5 Å². The van der Waals surface area contributed by atoms with Crippen molar-refractivity contribution in [2.45, 2.75) is 0 Å². The zero-order valence-electron chi connectivity index (χ0n) is 7.70. The molecule has 2 N–H and O–H groups in total. The Morgan fingerprint density at radius 1 is 1.27 bits per heavy atom. The second kappa shape index (κ2) is 4.27. The molecule has 0 spiro atoms. The highest BCUT2D eigenvalue weighted by Gasteiger charge is 2.04. The average molecular weight is 266 g/mol. The minimum absolute atomic E-state index is 0.205. The number of rotatable bonds is 2. The molecule has 4 nitrogen and oxygen atoms in total. The summed E-state index contributed by atoms with van der Waals surface area (Å²) in [6.45, 7) is 0. The molecule has 0 aliphatic carbocycles. The van der Waals surface area contributed by atoms with Gasteiger partial charge in [0.25, 0.3) is 5.56 Å². The van der Waals surface area contributed by atoms with E-state index in [2.05, 4.69) is 31.2 Å². The van der Waals surface area contributed by atoms with Crippen LogP contribution in [0.15, 0.2) is 45.9 Å². The van der Waals surface area contributed by atoms with E-state index in [9.17, 15) is 4.79 Å². The quantitative estimate of drug-likeness (QED) is 0.876. The number of H-pyrrole nitrogens is 1. The van der Waals surface area contributed by atoms with Gasteiger partial charge in [-0.25, -0.2) is 4.98 Å². The molecule has 76 valence electrons. The minimum Gasteiger partial charge on any atom is -0.339 e. The molecule has 0 atom stereocenters. The fourth-order valence-corrected chi connectivity index (χ4v) is 1.44. The molecular weight excluding hydrogens is 258 g/mol. The summed E-state index contributed by atoms with van der Waals surface area (Å²) in [7, 11) is 0. The second-order valence-electron chi connectivity index (χ2n) is 2.89. The van der Waals surface area contributed by atoms with Crippen molar-refractivity contribution in [2.24, 2.45) is 0 Å². The number of nitrogens with one attached hydrogen (secondary N) is 2. The maximum atomic E-state index is 11.2. The Labute approximate surface area is 94.5 Å². The number of hydrogen-bond acceptors (Lipinski definition) is 3. The van der Waals surface area contributed by atoms with Gasteiger partial charge in [0.15, 0.2) is 5.82 Å². The fourth-order valence-electron chi connectivity index (χ4n) is 1.13. The topological polar surface area (TPSA) is 57.8 Å². The van der Waals surface area contributed by atoms with E-state index in [1.165, 1.54) is 6.33 Å². The number of aromatic amines is 1. The Morgan fingerprint density at radius 3 is 2.73 bits per heavy atom. The van der Waals surface area contributed by atoms with Crippen LogP contribution < -0.4 is 10.9 Å². The SMILES string of the molecule is O=c1[nH]cnc(Nc2ccccc2)c1Br. The molecule has 1 aromatic heterocycles. The highest BCUT2D eigenvalue weighted by molar-refractivity contribution is 9.10. The van der Waals surface area contributed by atoms with E-state index in [1.807, 2.05) is 30.3 Å². The van der Waals surface area contributed by atoms with E-state index in [4.69, 9.17) is 0 Å². The van der Waals surface area contributed by atoms with Crippen molar-refractivity contribution < 1.29 is 0 Å². The van der Waals surface area contributed by atoms with Crippen molar-refractivity contribution in [1.82, 2.24) is 9.97 Å². The molecule has 0 bridgehead atoms. The van der Waals surface area contributed by atoms with Crippen LogP contribution in [0, 0.1) is 0 Å². The monoisotopic (exact) mass is 265 g/mol. The molecule has 2 aromatic rings. The van der Waals surface area contributed by atoms with E-state index < -0.39 is 0 Å². The molecule has 0 saturated carbocycles. The lowest BCUT2D eigenvalue weighted by Crippen LogP contribution is -2.09. The number of para-hydroxylation sites is 1. The van der Waals surface area contributed by atoms with Crippen molar-refractivity contribution in [3.05, 3.63) is 51.5 Å². The van der Waals surface area contributed by atoms with Gasteiger partial charge in [-0.3, -0.25) is 4.79 Å². The predicted molar refractivity (Wildman–Crippen MR) is 62.3 cm³/mol. The number of aromatic nitrogens is 2. The first-order valence-corrected chi connectivity index (χ1v) is 5.12. The van der Waals surface area contributed by atoms with Gasteiger partial charge in [0, 0.05) is 5.69 Å². The van der Waals surface area contributed by atoms with Gasteiger partial charge in [-0.15, -0.1) is 0 Å². The van der Waals surface area contributed by atoms with Crippen LogP contribution in [0.3, 0.4) is 0 Å². The zero-order chi connectivity index (χ0) is 10.7. The molecule has 0 radical (unpaired) electrons. The van der Waals surface area contributed by atoms with Crippen molar-refractivity contribution in [3.63, 3.8) is 0 Å². The van der Waals surface area contributed by atoms with Crippen LogP contribution >= 0.6 is 15.9 Å². The minimum atomic E-state index is -0.205. The number of halogens is 1. The Balaban J connectivity index is 2.33. The molecule has 0 fully saturated rings. The standard InChI is InChI=1S/C10H8BrN3O/c11-8-9(12-6-13-10(8)15)14-7-4-2-1-3-5-7/h1-6H,(H2,12,13,14,15). The smallest absolute Gasteiger partial charge is 0.267 e. The fraction of sp³-hybridized carbons (Fsp3) is 0. The molecule has 5 heteroatoms. The number of nitrogens with zero attached hydrogens (tertiary/aromatic N) is 1. The lowest BCUT2D eigenvalue weighted by atomic mass is 10.3. The van der Waals surface area contributed by atoms with Crippen LogP contribution in [0.2, 0.25) is 0 Å². The highest BCUT2D eigenvalue weighted by atomic mass is 79.9. The van der Waals surface area contributed by atoms with Gasteiger partial charge in [-0.2, -0.15) is 0 Å². The van der Waals surface area contributed by atoms with Crippen molar-refractivity contribution in [1.29, 1.82) is 0 Å². The van der Waals surface area contributed by atoms with Crippen molar-refractivity contribution >= 4 is 27.4 Å². The maximum absolute atomic E-state index is 11.2. The Morgan fingerprint density at radius 2 is 2.00 bits per heavy atom. The van der Waals surface area contributed by atoms with Gasteiger partial charge in [0.05, 0.1) is 6.33 Å². The van der Waals surface area contributed by atoms with E-state index in [-0.39, 0.29) is 5.56 Å². The molecular formula is C10H8BrN3O. The third-order valence-corrected chi connectivity index (χ3v) is 2.57. The second-order valence-corrected chi connectivity index (χ2v) is 3.68. The summed E-state index contributed by atoms with van der Waals surface area (Å²) in [4.78, 5) is 17.7. The molecule has 0 saturated heterocycles. The first-order valence-electron chi connectivity index (χ1n) is 4.32. The molecule has 1 aromatic carbocycles. The summed E-state index contributed by atoms with van der Waals surface area (Å²) in [5, 5.41) is 3.04. The molecule has 1 heterocycles. The summed E-state index contributed by atoms with van der Waals surface area (Å²) >= 11 is 3.17. The van der Waals surface area contributed by atoms with Crippen LogP contribution in [-0.2, 0) is 0 Å². The summed E-state index contributed by atoms with van der Waals surface area (Å²) in [6, 6.07) is 9.53. The average Bonchev–Trinajstić information content (AvgIpc) is 2.26. The van der Waals surface area contributed by atoms with Crippen LogP contribution in [0.1, 0.15) is 0 Å². The Bertz CT molecular complexity index is 510. The molecule has 2 rings (SSSR count). The zero-order valence-corrected chi connectivity index (χ0v) is 9.28. The number of anilines is 2. The van der Waals surface area contributed by atoms with Crippen molar-refractivity contribution in [2.75, 3.05) is 5.32 Å². The summed E-state index contributed by atoms with van der Waals surface area (Å²) in [5.41, 5.74) is 0.680. The predicted octanol–water partition coefficient (Wildman–Crippen LogP) is 2.28. The molecule has 0 aliphatic rings. The summed E-state index contributed by atoms with van der Waals surface area (Å²) < 4.78 is 0.397. The third kappa shape index (κ3) is 2.24. The molecule has 0 unspecified atom stereocenters. The van der Waals surface area contributed by atoms with E-state index in [0.29, 0.717) is 10.3 Å². The largest absolute Gasteiger partial charge is 0.339 e. The van der Waals surface area contributed by atoms with Gasteiger partial charge in [-0.05, 0) is 28.1 Å². The summed E-state index contributed by atoms with van der Waals surface area (Å²) in [5.74, 6) is 0.505. The van der Waals surface area contributed by atoms with Gasteiger partial charge >= 0.3 is 0 Å².